The highest BCUT2D eigenvalue weighted by atomic mass is 16.5. The van der Waals surface area contributed by atoms with Crippen LogP contribution >= 0.6 is 0 Å². The van der Waals surface area contributed by atoms with Gasteiger partial charge in [0, 0.05) is 18.5 Å². The quantitative estimate of drug-likeness (QED) is 0.772. The molecule has 0 saturated heterocycles. The number of ketones is 1. The summed E-state index contributed by atoms with van der Waals surface area (Å²) in [6, 6.07) is 8.83. The van der Waals surface area contributed by atoms with Gasteiger partial charge in [0.2, 0.25) is 5.78 Å². The summed E-state index contributed by atoms with van der Waals surface area (Å²) in [5, 5.41) is 0. The van der Waals surface area contributed by atoms with Crippen LogP contribution in [0.15, 0.2) is 48.5 Å². The summed E-state index contributed by atoms with van der Waals surface area (Å²) in [5.41, 5.74) is 1.38. The van der Waals surface area contributed by atoms with Gasteiger partial charge in [-0.05, 0) is 29.8 Å². The van der Waals surface area contributed by atoms with Gasteiger partial charge in [0.25, 0.3) is 0 Å². The Morgan fingerprint density at radius 1 is 1.32 bits per heavy atom. The molecule has 4 nitrogen and oxygen atoms in total. The monoisotopic (exact) mass is 253 g/mol. The van der Waals surface area contributed by atoms with Crippen LogP contribution in [0.25, 0.3) is 6.08 Å². The number of nitrogens with zero attached hydrogens (tertiary/aromatic N) is 1. The zero-order valence-electron chi connectivity index (χ0n) is 10.3. The van der Waals surface area contributed by atoms with E-state index in [1.165, 1.54) is 0 Å². The molecule has 0 bridgehead atoms. The van der Waals surface area contributed by atoms with Gasteiger partial charge in [0.15, 0.2) is 5.76 Å². The van der Waals surface area contributed by atoms with Crippen LogP contribution in [-0.2, 0) is 0 Å². The number of carbonyl (C=O) groups excluding carboxylic acids is 1. The first-order valence-electron chi connectivity index (χ1n) is 5.80. The van der Waals surface area contributed by atoms with Crippen LogP contribution in [0.5, 0.6) is 11.5 Å². The molecular formula is C15H11NO3. The molecule has 4 heteroatoms. The Kier molecular flexibility index (Phi) is 2.76. The Morgan fingerprint density at radius 2 is 2.21 bits per heavy atom. The van der Waals surface area contributed by atoms with Gasteiger partial charge in [-0.2, -0.15) is 0 Å². The molecule has 94 valence electrons. The maximum absolute atomic E-state index is 12.1. The molecule has 1 aromatic carbocycles. The van der Waals surface area contributed by atoms with E-state index in [-0.39, 0.29) is 5.78 Å². The number of hydrogen-bond donors (Lipinski definition) is 0. The van der Waals surface area contributed by atoms with Crippen molar-refractivity contribution in [3.63, 3.8) is 0 Å². The Hall–Kier alpha value is -2.62. The van der Waals surface area contributed by atoms with Crippen molar-refractivity contribution in [3.05, 3.63) is 59.6 Å². The van der Waals surface area contributed by atoms with E-state index in [0.717, 1.165) is 5.56 Å². The number of rotatable bonds is 2. The Morgan fingerprint density at radius 3 is 2.95 bits per heavy atom. The van der Waals surface area contributed by atoms with Crippen LogP contribution in [0, 0.1) is 0 Å². The zero-order valence-corrected chi connectivity index (χ0v) is 10.3. The molecule has 0 fully saturated rings. The summed E-state index contributed by atoms with van der Waals surface area (Å²) in [7, 11) is 1.57. The Bertz CT molecular complexity index is 662. The van der Waals surface area contributed by atoms with E-state index in [9.17, 15) is 4.79 Å². The van der Waals surface area contributed by atoms with E-state index in [4.69, 9.17) is 9.47 Å². The summed E-state index contributed by atoms with van der Waals surface area (Å²) >= 11 is 0. The largest absolute Gasteiger partial charge is 0.497 e. The minimum absolute atomic E-state index is 0.124. The lowest BCUT2D eigenvalue weighted by molar-refractivity contribution is 0.101. The second-order valence-electron chi connectivity index (χ2n) is 4.09. The number of benzene rings is 1. The van der Waals surface area contributed by atoms with Gasteiger partial charge in [0.05, 0.1) is 12.7 Å². The fourth-order valence-electron chi connectivity index (χ4n) is 1.91. The van der Waals surface area contributed by atoms with Crippen molar-refractivity contribution in [1.82, 2.24) is 4.98 Å². The molecule has 0 spiro atoms. The SMILES string of the molecule is COc1ccc2c(c1)O/C(=C\c1cccnc1)C2=O. The summed E-state index contributed by atoms with van der Waals surface area (Å²) in [6.45, 7) is 0. The molecule has 0 unspecified atom stereocenters. The molecule has 19 heavy (non-hydrogen) atoms. The average molecular weight is 253 g/mol. The summed E-state index contributed by atoms with van der Waals surface area (Å²) < 4.78 is 10.7. The smallest absolute Gasteiger partial charge is 0.231 e. The van der Waals surface area contributed by atoms with Crippen molar-refractivity contribution in [2.75, 3.05) is 7.11 Å². The first kappa shape index (κ1) is 11.5. The van der Waals surface area contributed by atoms with E-state index < -0.39 is 0 Å². The lowest BCUT2D eigenvalue weighted by Gasteiger charge is -2.01. The number of allylic oxidation sites excluding steroid dienone is 1. The molecule has 0 radical (unpaired) electrons. The second-order valence-corrected chi connectivity index (χ2v) is 4.09. The van der Waals surface area contributed by atoms with Crippen LogP contribution in [0.1, 0.15) is 15.9 Å². The molecule has 2 aromatic rings. The molecule has 1 aromatic heterocycles. The first-order chi connectivity index (χ1) is 9.28. The van der Waals surface area contributed by atoms with E-state index >= 15 is 0 Å². The normalized spacial score (nSPS) is 15.2. The van der Waals surface area contributed by atoms with Gasteiger partial charge in [0.1, 0.15) is 11.5 Å². The zero-order chi connectivity index (χ0) is 13.2. The number of fused-ring (bicyclic) bond motifs is 1. The highest BCUT2D eigenvalue weighted by Gasteiger charge is 2.27. The fourth-order valence-corrected chi connectivity index (χ4v) is 1.91. The number of aromatic nitrogens is 1. The molecule has 0 saturated carbocycles. The van der Waals surface area contributed by atoms with Gasteiger partial charge in [-0.1, -0.05) is 6.07 Å². The third-order valence-electron chi connectivity index (χ3n) is 2.86. The summed E-state index contributed by atoms with van der Waals surface area (Å²) in [4.78, 5) is 16.1. The predicted molar refractivity (Wildman–Crippen MR) is 70.2 cm³/mol. The maximum atomic E-state index is 12.1. The van der Waals surface area contributed by atoms with E-state index in [1.807, 2.05) is 12.1 Å². The van der Waals surface area contributed by atoms with Crippen molar-refractivity contribution in [2.24, 2.45) is 0 Å². The molecule has 3 rings (SSSR count). The lowest BCUT2D eigenvalue weighted by Crippen LogP contribution is -1.98. The van der Waals surface area contributed by atoms with E-state index in [2.05, 4.69) is 4.98 Å². The van der Waals surface area contributed by atoms with Gasteiger partial charge in [-0.15, -0.1) is 0 Å². The molecule has 0 atom stereocenters. The number of Topliss-reactive ketones (excluding diaryl/α,β-unsaturated/α-hetero) is 1. The number of pyridine rings is 1. The highest BCUT2D eigenvalue weighted by Crippen LogP contribution is 2.34. The fraction of sp³-hybridized carbons (Fsp3) is 0.0667. The molecule has 2 heterocycles. The lowest BCUT2D eigenvalue weighted by atomic mass is 10.1. The predicted octanol–water partition coefficient (Wildman–Crippen LogP) is 2.71. The number of ether oxygens (including phenoxy) is 2. The number of methoxy groups -OCH3 is 1. The van der Waals surface area contributed by atoms with E-state index in [1.54, 1.807) is 43.8 Å². The van der Waals surface area contributed by atoms with Gasteiger partial charge < -0.3 is 9.47 Å². The topological polar surface area (TPSA) is 48.4 Å². The summed E-state index contributed by atoms with van der Waals surface area (Å²) in [5.74, 6) is 1.37. The van der Waals surface area contributed by atoms with Crippen LogP contribution in [0.4, 0.5) is 0 Å². The Balaban J connectivity index is 1.97. The molecule has 1 aliphatic heterocycles. The van der Waals surface area contributed by atoms with Crippen molar-refractivity contribution in [1.29, 1.82) is 0 Å². The Labute approximate surface area is 110 Å². The van der Waals surface area contributed by atoms with Crippen LogP contribution < -0.4 is 9.47 Å². The third kappa shape index (κ3) is 2.08. The average Bonchev–Trinajstić information content (AvgIpc) is 2.76. The van der Waals surface area contributed by atoms with Crippen molar-refractivity contribution in [3.8, 4) is 11.5 Å². The van der Waals surface area contributed by atoms with Crippen molar-refractivity contribution < 1.29 is 14.3 Å². The maximum Gasteiger partial charge on any atom is 0.231 e. The molecule has 0 amide bonds. The standard InChI is InChI=1S/C15H11NO3/c1-18-11-4-5-12-13(8-11)19-14(15(12)17)7-10-3-2-6-16-9-10/h2-9H,1H3/b14-7-. The number of carbonyl (C=O) groups is 1. The number of hydrogen-bond acceptors (Lipinski definition) is 4. The molecule has 0 N–H and O–H groups in total. The minimum Gasteiger partial charge on any atom is -0.497 e. The van der Waals surface area contributed by atoms with Crippen molar-refractivity contribution >= 4 is 11.9 Å². The van der Waals surface area contributed by atoms with Crippen LogP contribution in [0.3, 0.4) is 0 Å². The van der Waals surface area contributed by atoms with Crippen LogP contribution in [0.2, 0.25) is 0 Å². The van der Waals surface area contributed by atoms with Crippen molar-refractivity contribution in [2.45, 2.75) is 0 Å². The van der Waals surface area contributed by atoms with Gasteiger partial charge >= 0.3 is 0 Å². The van der Waals surface area contributed by atoms with Gasteiger partial charge in [-0.3, -0.25) is 9.78 Å². The third-order valence-corrected chi connectivity index (χ3v) is 2.86. The second kappa shape index (κ2) is 4.57. The highest BCUT2D eigenvalue weighted by molar-refractivity contribution is 6.14. The molecule has 1 aliphatic rings. The van der Waals surface area contributed by atoms with Gasteiger partial charge in [-0.25, -0.2) is 0 Å². The van der Waals surface area contributed by atoms with E-state index in [0.29, 0.717) is 22.8 Å². The minimum atomic E-state index is -0.124. The summed E-state index contributed by atoms with van der Waals surface area (Å²) in [6.07, 6.45) is 5.04. The molecule has 0 aliphatic carbocycles. The van der Waals surface area contributed by atoms with Crippen LogP contribution in [-0.4, -0.2) is 17.9 Å². The molecular weight excluding hydrogens is 242 g/mol. The first-order valence-corrected chi connectivity index (χ1v) is 5.80.